The molecule has 3 aliphatic rings. The van der Waals surface area contributed by atoms with Crippen LogP contribution in [0, 0.1) is 0 Å². The van der Waals surface area contributed by atoms with Crippen molar-refractivity contribution < 1.29 is 0 Å². The summed E-state index contributed by atoms with van der Waals surface area (Å²) in [6, 6.07) is 16.6. The molecule has 0 saturated carbocycles. The summed E-state index contributed by atoms with van der Waals surface area (Å²) in [6.07, 6.45) is 3.93. The molecule has 29 heavy (non-hydrogen) atoms. The van der Waals surface area contributed by atoms with Crippen molar-refractivity contribution in [2.24, 2.45) is 0 Å². The highest BCUT2D eigenvalue weighted by Gasteiger charge is 2.38. The zero-order chi connectivity index (χ0) is 18.4. The molecule has 5 rings (SSSR count). The minimum absolute atomic E-state index is 0. The predicted molar refractivity (Wildman–Crippen MR) is 129 cm³/mol. The van der Waals surface area contributed by atoms with E-state index in [4.69, 9.17) is 11.6 Å². The summed E-state index contributed by atoms with van der Waals surface area (Å²) in [5.41, 5.74) is 2.58. The third-order valence-electron chi connectivity index (χ3n) is 6.20. The number of benzene rings is 2. The number of likely N-dealkylation sites (tertiary alicyclic amines) is 1. The molecule has 2 atom stereocenters. The lowest BCUT2D eigenvalue weighted by atomic mass is 10.1. The molecular formula is C22H28Cl3N3S. The van der Waals surface area contributed by atoms with Crippen molar-refractivity contribution in [1.29, 1.82) is 0 Å². The Labute approximate surface area is 195 Å². The average Bonchev–Trinajstić information content (AvgIpc) is 2.91. The van der Waals surface area contributed by atoms with Crippen LogP contribution in [-0.2, 0) is 0 Å². The molecule has 2 fully saturated rings. The number of para-hydroxylation sites is 1. The van der Waals surface area contributed by atoms with E-state index in [1.807, 2.05) is 17.8 Å². The molecule has 2 aromatic carbocycles. The third-order valence-corrected chi connectivity index (χ3v) is 7.57. The molecule has 3 aliphatic heterocycles. The van der Waals surface area contributed by atoms with E-state index < -0.39 is 0 Å². The highest BCUT2D eigenvalue weighted by atomic mass is 35.5. The van der Waals surface area contributed by atoms with Crippen LogP contribution in [-0.4, -0.2) is 55.1 Å². The Morgan fingerprint density at radius 1 is 0.931 bits per heavy atom. The Bertz CT molecular complexity index is 836. The Hall–Kier alpha value is -0.620. The molecule has 2 unspecified atom stereocenters. The van der Waals surface area contributed by atoms with Crippen LogP contribution in [0.2, 0.25) is 5.02 Å². The fourth-order valence-corrected chi connectivity index (χ4v) is 6.26. The van der Waals surface area contributed by atoms with Gasteiger partial charge in [0.25, 0.3) is 0 Å². The van der Waals surface area contributed by atoms with Gasteiger partial charge in [-0.15, -0.1) is 24.8 Å². The first kappa shape index (κ1) is 23.1. The molecule has 3 heterocycles. The van der Waals surface area contributed by atoms with Crippen molar-refractivity contribution in [2.75, 3.05) is 38.1 Å². The quantitative estimate of drug-likeness (QED) is 0.543. The van der Waals surface area contributed by atoms with Gasteiger partial charge in [0.2, 0.25) is 0 Å². The fourth-order valence-electron chi connectivity index (χ4n) is 5.02. The van der Waals surface area contributed by atoms with Crippen molar-refractivity contribution in [3.05, 3.63) is 47.5 Å². The number of nitrogens with zero attached hydrogens (tertiary/aromatic N) is 3. The monoisotopic (exact) mass is 471 g/mol. The van der Waals surface area contributed by atoms with Gasteiger partial charge in [0.05, 0.1) is 11.4 Å². The second kappa shape index (κ2) is 9.67. The maximum Gasteiger partial charge on any atom is 0.0567 e. The van der Waals surface area contributed by atoms with E-state index in [0.717, 1.165) is 23.7 Å². The zero-order valence-corrected chi connectivity index (χ0v) is 19.8. The lowest BCUT2D eigenvalue weighted by Crippen LogP contribution is -2.52. The summed E-state index contributed by atoms with van der Waals surface area (Å²) in [6.45, 7) is 4.71. The van der Waals surface area contributed by atoms with Gasteiger partial charge >= 0.3 is 0 Å². The van der Waals surface area contributed by atoms with Crippen molar-refractivity contribution >= 4 is 59.6 Å². The molecule has 2 aromatic rings. The number of hydrogen-bond acceptors (Lipinski definition) is 4. The lowest BCUT2D eigenvalue weighted by molar-refractivity contribution is 0.0821. The maximum atomic E-state index is 6.34. The van der Waals surface area contributed by atoms with Crippen LogP contribution >= 0.6 is 48.2 Å². The summed E-state index contributed by atoms with van der Waals surface area (Å²) in [7, 11) is 2.27. The summed E-state index contributed by atoms with van der Waals surface area (Å²) >= 11 is 8.19. The molecular weight excluding hydrogens is 445 g/mol. The van der Waals surface area contributed by atoms with E-state index in [9.17, 15) is 0 Å². The predicted octanol–water partition coefficient (Wildman–Crippen LogP) is 5.95. The fraction of sp³-hybridized carbons (Fsp3) is 0.455. The molecule has 0 amide bonds. The number of piperazine rings is 1. The van der Waals surface area contributed by atoms with E-state index >= 15 is 0 Å². The van der Waals surface area contributed by atoms with Crippen LogP contribution < -0.4 is 4.90 Å². The summed E-state index contributed by atoms with van der Waals surface area (Å²) in [5, 5.41) is 0.816. The molecule has 0 aliphatic carbocycles. The van der Waals surface area contributed by atoms with Crippen LogP contribution in [0.5, 0.6) is 0 Å². The Kier molecular flexibility index (Phi) is 7.69. The van der Waals surface area contributed by atoms with Crippen molar-refractivity contribution in [2.45, 2.75) is 41.1 Å². The van der Waals surface area contributed by atoms with Gasteiger partial charge in [0.1, 0.15) is 0 Å². The normalized spacial score (nSPS) is 23.0. The van der Waals surface area contributed by atoms with E-state index in [1.165, 1.54) is 60.1 Å². The first-order valence-corrected chi connectivity index (χ1v) is 11.2. The highest BCUT2D eigenvalue weighted by molar-refractivity contribution is 7.99. The maximum absolute atomic E-state index is 6.34. The molecule has 7 heteroatoms. The molecule has 0 radical (unpaired) electrons. The summed E-state index contributed by atoms with van der Waals surface area (Å²) in [4.78, 5) is 10.4. The Morgan fingerprint density at radius 2 is 1.62 bits per heavy atom. The van der Waals surface area contributed by atoms with E-state index in [0.29, 0.717) is 0 Å². The largest absolute Gasteiger partial charge is 0.340 e. The van der Waals surface area contributed by atoms with Crippen molar-refractivity contribution in [1.82, 2.24) is 9.80 Å². The molecule has 3 nitrogen and oxygen atoms in total. The summed E-state index contributed by atoms with van der Waals surface area (Å²) in [5.74, 6) is 0. The van der Waals surface area contributed by atoms with Gasteiger partial charge < -0.3 is 9.80 Å². The number of halogens is 3. The van der Waals surface area contributed by atoms with Gasteiger partial charge in [-0.2, -0.15) is 0 Å². The molecule has 2 bridgehead atoms. The Morgan fingerprint density at radius 3 is 2.38 bits per heavy atom. The van der Waals surface area contributed by atoms with Gasteiger partial charge in [-0.3, -0.25) is 4.90 Å². The first-order chi connectivity index (χ1) is 13.2. The molecule has 158 valence electrons. The molecule has 0 aromatic heterocycles. The Balaban J connectivity index is 0.00000120. The minimum Gasteiger partial charge on any atom is -0.340 e. The zero-order valence-electron chi connectivity index (χ0n) is 16.6. The van der Waals surface area contributed by atoms with Crippen LogP contribution in [0.1, 0.15) is 19.3 Å². The van der Waals surface area contributed by atoms with E-state index in [-0.39, 0.29) is 24.8 Å². The van der Waals surface area contributed by atoms with Crippen molar-refractivity contribution in [3.63, 3.8) is 0 Å². The van der Waals surface area contributed by atoms with Gasteiger partial charge in [0, 0.05) is 53.1 Å². The van der Waals surface area contributed by atoms with Crippen LogP contribution in [0.25, 0.3) is 0 Å². The van der Waals surface area contributed by atoms with Gasteiger partial charge in [-0.25, -0.2) is 0 Å². The van der Waals surface area contributed by atoms with Crippen molar-refractivity contribution in [3.8, 4) is 0 Å². The standard InChI is InChI=1S/C22H26ClN3S.2ClH/c1-24-14-17-8-9-18(15-24)25(17)11-4-12-26-19-5-2-3-6-21(19)27-22-10-7-16(23)13-20(22)26;;/h2-3,5-7,10,13,17-18H,4,8-9,11-12,14-15H2,1H3;2*1H. The smallest absolute Gasteiger partial charge is 0.0567 e. The highest BCUT2D eigenvalue weighted by Crippen LogP contribution is 2.48. The lowest BCUT2D eigenvalue weighted by Gasteiger charge is -2.40. The van der Waals surface area contributed by atoms with Gasteiger partial charge in [-0.1, -0.05) is 35.5 Å². The molecule has 0 N–H and O–H groups in total. The third kappa shape index (κ3) is 4.53. The molecule has 0 spiro atoms. The van der Waals surface area contributed by atoms with E-state index in [2.05, 4.69) is 58.1 Å². The summed E-state index contributed by atoms with van der Waals surface area (Å²) < 4.78 is 0. The first-order valence-electron chi connectivity index (χ1n) is 9.97. The number of fused-ring (bicyclic) bond motifs is 4. The van der Waals surface area contributed by atoms with Crippen LogP contribution in [0.4, 0.5) is 11.4 Å². The second-order valence-corrected chi connectivity index (χ2v) is 9.55. The average molecular weight is 473 g/mol. The minimum atomic E-state index is 0. The SMILES string of the molecule is CN1CC2CCC(C1)N2CCCN1c2ccccc2Sc2ccc(Cl)cc21.Cl.Cl. The number of hydrogen-bond donors (Lipinski definition) is 0. The van der Waals surface area contributed by atoms with E-state index in [1.54, 1.807) is 0 Å². The molecule has 2 saturated heterocycles. The number of anilines is 2. The van der Waals surface area contributed by atoms with Gasteiger partial charge in [-0.05, 0) is 56.6 Å². The van der Waals surface area contributed by atoms with Gasteiger partial charge in [0.15, 0.2) is 0 Å². The second-order valence-electron chi connectivity index (χ2n) is 8.03. The van der Waals surface area contributed by atoms with Crippen LogP contribution in [0.3, 0.4) is 0 Å². The topological polar surface area (TPSA) is 9.72 Å². The van der Waals surface area contributed by atoms with Crippen LogP contribution in [0.15, 0.2) is 52.3 Å². The number of likely N-dealkylation sites (N-methyl/N-ethyl adjacent to an activating group) is 1. The number of rotatable bonds is 4.